The predicted octanol–water partition coefficient (Wildman–Crippen LogP) is 2.77. The maximum atomic E-state index is 11.0. The summed E-state index contributed by atoms with van der Waals surface area (Å²) in [5.41, 5.74) is 1.52. The SMILES string of the molecule is CCc1nc2cccc(C(=O)Cl)c2o1. The molecule has 1 aromatic carbocycles. The minimum Gasteiger partial charge on any atom is -0.440 e. The van der Waals surface area contributed by atoms with E-state index in [1.165, 1.54) is 0 Å². The van der Waals surface area contributed by atoms with Gasteiger partial charge in [0.2, 0.25) is 0 Å². The first-order chi connectivity index (χ1) is 6.72. The number of carbonyl (C=O) groups is 1. The second-order valence-electron chi connectivity index (χ2n) is 2.89. The number of oxazole rings is 1. The summed E-state index contributed by atoms with van der Waals surface area (Å²) in [5.74, 6) is 0.616. The summed E-state index contributed by atoms with van der Waals surface area (Å²) in [4.78, 5) is 15.2. The molecule has 0 atom stereocenters. The molecule has 72 valence electrons. The lowest BCUT2D eigenvalue weighted by molar-refractivity contribution is 0.108. The van der Waals surface area contributed by atoms with Gasteiger partial charge >= 0.3 is 0 Å². The Hall–Kier alpha value is -1.35. The average molecular weight is 210 g/mol. The smallest absolute Gasteiger partial charge is 0.256 e. The second kappa shape index (κ2) is 3.42. The van der Waals surface area contributed by atoms with Crippen LogP contribution in [-0.2, 0) is 6.42 Å². The Labute approximate surface area is 85.7 Å². The Morgan fingerprint density at radius 2 is 2.36 bits per heavy atom. The van der Waals surface area contributed by atoms with E-state index < -0.39 is 5.24 Å². The summed E-state index contributed by atoms with van der Waals surface area (Å²) in [6.45, 7) is 1.94. The van der Waals surface area contributed by atoms with Gasteiger partial charge in [-0.05, 0) is 23.7 Å². The van der Waals surface area contributed by atoms with E-state index in [9.17, 15) is 4.79 Å². The van der Waals surface area contributed by atoms with Gasteiger partial charge in [0.25, 0.3) is 5.24 Å². The van der Waals surface area contributed by atoms with E-state index in [1.807, 2.05) is 6.92 Å². The van der Waals surface area contributed by atoms with Crippen molar-refractivity contribution in [2.24, 2.45) is 0 Å². The zero-order valence-corrected chi connectivity index (χ0v) is 8.34. The van der Waals surface area contributed by atoms with E-state index in [0.29, 0.717) is 29.0 Å². The van der Waals surface area contributed by atoms with Crippen molar-refractivity contribution in [3.8, 4) is 0 Å². The van der Waals surface area contributed by atoms with Crippen LogP contribution in [0.3, 0.4) is 0 Å². The molecule has 0 N–H and O–H groups in total. The quantitative estimate of drug-likeness (QED) is 0.715. The number of benzene rings is 1. The van der Waals surface area contributed by atoms with Crippen LogP contribution in [0.5, 0.6) is 0 Å². The fourth-order valence-corrected chi connectivity index (χ4v) is 1.45. The molecule has 0 aliphatic heterocycles. The predicted molar refractivity (Wildman–Crippen MR) is 53.6 cm³/mol. The molecule has 3 nitrogen and oxygen atoms in total. The molecule has 14 heavy (non-hydrogen) atoms. The van der Waals surface area contributed by atoms with Crippen molar-refractivity contribution in [3.05, 3.63) is 29.7 Å². The first-order valence-electron chi connectivity index (χ1n) is 4.30. The van der Waals surface area contributed by atoms with Crippen LogP contribution in [0.1, 0.15) is 23.2 Å². The molecule has 0 aliphatic carbocycles. The van der Waals surface area contributed by atoms with E-state index in [4.69, 9.17) is 16.0 Å². The first kappa shape index (κ1) is 9.21. The molecule has 0 fully saturated rings. The molecule has 0 saturated carbocycles. The van der Waals surface area contributed by atoms with Crippen molar-refractivity contribution in [2.45, 2.75) is 13.3 Å². The summed E-state index contributed by atoms with van der Waals surface area (Å²) in [7, 11) is 0. The van der Waals surface area contributed by atoms with Gasteiger partial charge in [0, 0.05) is 6.42 Å². The summed E-state index contributed by atoms with van der Waals surface area (Å²) < 4.78 is 5.39. The molecule has 0 saturated heterocycles. The summed E-state index contributed by atoms with van der Waals surface area (Å²) >= 11 is 5.41. The fraction of sp³-hybridized carbons (Fsp3) is 0.200. The van der Waals surface area contributed by atoms with Crippen molar-refractivity contribution < 1.29 is 9.21 Å². The molecule has 1 heterocycles. The van der Waals surface area contributed by atoms with Crippen LogP contribution in [0, 0.1) is 0 Å². The number of aromatic nitrogens is 1. The molecule has 0 spiro atoms. The molecule has 0 amide bonds. The topological polar surface area (TPSA) is 43.1 Å². The third-order valence-electron chi connectivity index (χ3n) is 1.97. The normalized spacial score (nSPS) is 10.7. The van der Waals surface area contributed by atoms with Gasteiger partial charge in [-0.3, -0.25) is 4.79 Å². The Bertz CT molecular complexity index is 490. The van der Waals surface area contributed by atoms with Crippen LogP contribution >= 0.6 is 11.6 Å². The second-order valence-corrected chi connectivity index (χ2v) is 3.23. The number of hydrogen-bond donors (Lipinski definition) is 0. The lowest BCUT2D eigenvalue weighted by Gasteiger charge is -1.92. The number of hydrogen-bond acceptors (Lipinski definition) is 3. The molecule has 0 radical (unpaired) electrons. The monoisotopic (exact) mass is 209 g/mol. The van der Waals surface area contributed by atoms with Crippen molar-refractivity contribution in [1.29, 1.82) is 0 Å². The van der Waals surface area contributed by atoms with Crippen molar-refractivity contribution in [2.75, 3.05) is 0 Å². The van der Waals surface area contributed by atoms with Gasteiger partial charge in [0.15, 0.2) is 11.5 Å². The number of para-hydroxylation sites is 1. The van der Waals surface area contributed by atoms with Crippen LogP contribution < -0.4 is 0 Å². The molecule has 2 aromatic rings. The molecular formula is C10H8ClNO2. The summed E-state index contributed by atoms with van der Waals surface area (Å²) in [5, 5.41) is -0.519. The Kier molecular flexibility index (Phi) is 2.25. The van der Waals surface area contributed by atoms with Crippen LogP contribution in [0.2, 0.25) is 0 Å². The van der Waals surface area contributed by atoms with Crippen LogP contribution in [0.25, 0.3) is 11.1 Å². The Morgan fingerprint density at radius 1 is 1.57 bits per heavy atom. The van der Waals surface area contributed by atoms with Crippen molar-refractivity contribution >= 4 is 27.9 Å². The maximum absolute atomic E-state index is 11.0. The number of halogens is 1. The molecule has 2 rings (SSSR count). The highest BCUT2D eigenvalue weighted by molar-refractivity contribution is 6.68. The van der Waals surface area contributed by atoms with Gasteiger partial charge in [-0.2, -0.15) is 0 Å². The molecule has 0 unspecified atom stereocenters. The van der Waals surface area contributed by atoms with Crippen molar-refractivity contribution in [3.63, 3.8) is 0 Å². The van der Waals surface area contributed by atoms with E-state index in [2.05, 4.69) is 4.98 Å². The van der Waals surface area contributed by atoms with Crippen LogP contribution in [0.15, 0.2) is 22.6 Å². The fourth-order valence-electron chi connectivity index (χ4n) is 1.30. The molecule has 0 bridgehead atoms. The minimum absolute atomic E-state index is 0.372. The average Bonchev–Trinajstić information content (AvgIpc) is 2.59. The third-order valence-corrected chi connectivity index (χ3v) is 2.18. The zero-order chi connectivity index (χ0) is 10.1. The lowest BCUT2D eigenvalue weighted by atomic mass is 10.2. The number of rotatable bonds is 2. The molecule has 0 aliphatic rings. The highest BCUT2D eigenvalue weighted by Crippen LogP contribution is 2.21. The number of fused-ring (bicyclic) bond motifs is 1. The summed E-state index contributed by atoms with van der Waals surface area (Å²) in [6.07, 6.45) is 0.699. The minimum atomic E-state index is -0.519. The highest BCUT2D eigenvalue weighted by Gasteiger charge is 2.12. The van der Waals surface area contributed by atoms with Gasteiger partial charge in [-0.25, -0.2) is 4.98 Å². The number of nitrogens with zero attached hydrogens (tertiary/aromatic N) is 1. The Balaban J connectivity index is 2.73. The molecule has 1 aromatic heterocycles. The van der Waals surface area contributed by atoms with Gasteiger partial charge in [0.05, 0.1) is 5.56 Å². The van der Waals surface area contributed by atoms with Gasteiger partial charge in [-0.15, -0.1) is 0 Å². The highest BCUT2D eigenvalue weighted by atomic mass is 35.5. The largest absolute Gasteiger partial charge is 0.440 e. The molecule has 4 heteroatoms. The molecular weight excluding hydrogens is 202 g/mol. The maximum Gasteiger partial charge on any atom is 0.256 e. The summed E-state index contributed by atoms with van der Waals surface area (Å²) in [6, 6.07) is 5.16. The number of aryl methyl sites for hydroxylation is 1. The first-order valence-corrected chi connectivity index (χ1v) is 4.68. The van der Waals surface area contributed by atoms with Crippen LogP contribution in [-0.4, -0.2) is 10.2 Å². The standard InChI is InChI=1S/C10H8ClNO2/c1-2-8-12-7-5-3-4-6(10(11)13)9(7)14-8/h3-5H,2H2,1H3. The van der Waals surface area contributed by atoms with Crippen LogP contribution in [0.4, 0.5) is 0 Å². The third kappa shape index (κ3) is 1.40. The number of carbonyl (C=O) groups excluding carboxylic acids is 1. The lowest BCUT2D eigenvalue weighted by Crippen LogP contribution is -1.87. The van der Waals surface area contributed by atoms with E-state index in [-0.39, 0.29) is 0 Å². The zero-order valence-electron chi connectivity index (χ0n) is 7.58. The van der Waals surface area contributed by atoms with E-state index in [1.54, 1.807) is 18.2 Å². The van der Waals surface area contributed by atoms with E-state index in [0.717, 1.165) is 0 Å². The van der Waals surface area contributed by atoms with Gasteiger partial charge in [0.1, 0.15) is 5.52 Å². The van der Waals surface area contributed by atoms with Crippen molar-refractivity contribution in [1.82, 2.24) is 4.98 Å². The Morgan fingerprint density at radius 3 is 3.00 bits per heavy atom. The van der Waals surface area contributed by atoms with E-state index >= 15 is 0 Å². The van der Waals surface area contributed by atoms with Gasteiger partial charge in [-0.1, -0.05) is 13.0 Å². The van der Waals surface area contributed by atoms with Gasteiger partial charge < -0.3 is 4.42 Å².